The van der Waals surface area contributed by atoms with Crippen molar-refractivity contribution >= 4 is 11.6 Å². The number of benzene rings is 1. The number of hydrogen-bond acceptors (Lipinski definition) is 5. The van der Waals surface area contributed by atoms with Crippen molar-refractivity contribution in [2.24, 2.45) is 0 Å². The molecule has 0 bridgehead atoms. The lowest BCUT2D eigenvalue weighted by atomic mass is 9.91. The Bertz CT molecular complexity index is 1390. The number of methoxy groups -OCH3 is 1. The van der Waals surface area contributed by atoms with Gasteiger partial charge in [-0.2, -0.15) is 5.10 Å². The van der Waals surface area contributed by atoms with Gasteiger partial charge in [-0.25, -0.2) is 28.4 Å². The summed E-state index contributed by atoms with van der Waals surface area (Å²) in [6, 6.07) is 7.87. The number of imidazole rings is 1. The highest BCUT2D eigenvalue weighted by atomic mass is 19.2. The van der Waals surface area contributed by atoms with Crippen LogP contribution in [0.2, 0.25) is 0 Å². The second-order valence-corrected chi connectivity index (χ2v) is 8.40. The highest BCUT2D eigenvalue weighted by Crippen LogP contribution is 2.33. The highest BCUT2D eigenvalue weighted by Gasteiger charge is 2.27. The Morgan fingerprint density at radius 2 is 2.00 bits per heavy atom. The SMILES string of the molecule is COc1nc(C=C(C)c2nc3n(n2)CCC[C@@H]3c2ccc(F)c(F)c2)ccc1-n1cnc(C)c1. The molecule has 0 spiro atoms. The first-order valence-electron chi connectivity index (χ1n) is 11.1. The summed E-state index contributed by atoms with van der Waals surface area (Å²) in [6.45, 7) is 4.58. The maximum absolute atomic E-state index is 13.8. The molecule has 0 amide bonds. The number of pyridine rings is 1. The van der Waals surface area contributed by atoms with Crippen LogP contribution in [0.5, 0.6) is 5.88 Å². The van der Waals surface area contributed by atoms with E-state index in [-0.39, 0.29) is 5.92 Å². The fraction of sp³-hybridized carbons (Fsp3) is 0.280. The predicted molar refractivity (Wildman–Crippen MR) is 124 cm³/mol. The molecule has 1 aliphatic heterocycles. The molecule has 3 aromatic heterocycles. The van der Waals surface area contributed by atoms with Crippen molar-refractivity contribution in [2.45, 2.75) is 39.2 Å². The van der Waals surface area contributed by atoms with E-state index < -0.39 is 11.6 Å². The minimum absolute atomic E-state index is 0.131. The maximum Gasteiger partial charge on any atom is 0.238 e. The summed E-state index contributed by atoms with van der Waals surface area (Å²) >= 11 is 0. The van der Waals surface area contributed by atoms with Gasteiger partial charge >= 0.3 is 0 Å². The number of nitrogens with zero attached hydrogens (tertiary/aromatic N) is 6. The Morgan fingerprint density at radius 3 is 2.74 bits per heavy atom. The molecule has 174 valence electrons. The highest BCUT2D eigenvalue weighted by molar-refractivity contribution is 5.76. The van der Waals surface area contributed by atoms with E-state index in [9.17, 15) is 8.78 Å². The van der Waals surface area contributed by atoms with Gasteiger partial charge in [0.05, 0.1) is 24.8 Å². The standard InChI is InChI=1S/C25H24F2N6O/c1-15(11-18-7-9-22(25(29-18)34-3)32-13-16(2)28-14-32)23-30-24-19(5-4-10-33(24)31-23)17-6-8-20(26)21(27)12-17/h6-9,11-14,19H,4-5,10H2,1-3H3/t19-/m1/s1. The fourth-order valence-corrected chi connectivity index (χ4v) is 4.28. The minimum Gasteiger partial charge on any atom is -0.479 e. The zero-order valence-corrected chi connectivity index (χ0v) is 19.2. The fourth-order valence-electron chi connectivity index (χ4n) is 4.28. The quantitative estimate of drug-likeness (QED) is 0.420. The molecule has 4 aromatic rings. The van der Waals surface area contributed by atoms with Crippen LogP contribution in [0.15, 0.2) is 42.9 Å². The van der Waals surface area contributed by atoms with E-state index >= 15 is 0 Å². The topological polar surface area (TPSA) is 70.7 Å². The van der Waals surface area contributed by atoms with Crippen LogP contribution in [0, 0.1) is 18.6 Å². The molecule has 1 atom stereocenters. The van der Waals surface area contributed by atoms with Crippen molar-refractivity contribution < 1.29 is 13.5 Å². The van der Waals surface area contributed by atoms with Gasteiger partial charge in [0.25, 0.3) is 0 Å². The lowest BCUT2D eigenvalue weighted by molar-refractivity contribution is 0.395. The Balaban J connectivity index is 1.45. The lowest BCUT2D eigenvalue weighted by Crippen LogP contribution is -2.18. The number of fused-ring (bicyclic) bond motifs is 1. The normalized spacial score (nSPS) is 15.9. The first kappa shape index (κ1) is 21.9. The summed E-state index contributed by atoms with van der Waals surface area (Å²) in [5, 5.41) is 4.67. The molecule has 9 heteroatoms. The Hall–Kier alpha value is -3.88. The van der Waals surface area contributed by atoms with Gasteiger partial charge < -0.3 is 9.30 Å². The Kier molecular flexibility index (Phi) is 5.69. The van der Waals surface area contributed by atoms with Crippen molar-refractivity contribution in [3.63, 3.8) is 0 Å². The summed E-state index contributed by atoms with van der Waals surface area (Å²) in [5.74, 6) is -0.00297. The van der Waals surface area contributed by atoms with E-state index in [0.29, 0.717) is 23.0 Å². The van der Waals surface area contributed by atoms with Crippen LogP contribution in [0.4, 0.5) is 8.78 Å². The van der Waals surface area contributed by atoms with Gasteiger partial charge in [-0.05, 0) is 68.2 Å². The van der Waals surface area contributed by atoms with Gasteiger partial charge in [0.2, 0.25) is 5.88 Å². The lowest BCUT2D eigenvalue weighted by Gasteiger charge is -2.22. The van der Waals surface area contributed by atoms with Gasteiger partial charge in [0.1, 0.15) is 11.5 Å². The molecule has 4 heterocycles. The summed E-state index contributed by atoms with van der Waals surface area (Å²) in [5.41, 5.74) is 3.95. The molecule has 1 aliphatic rings. The third-order valence-electron chi connectivity index (χ3n) is 5.98. The number of ether oxygens (including phenoxy) is 1. The van der Waals surface area contributed by atoms with Crippen molar-refractivity contribution in [3.8, 4) is 11.6 Å². The number of aryl methyl sites for hydroxylation is 2. The van der Waals surface area contributed by atoms with E-state index in [1.54, 1.807) is 19.5 Å². The molecule has 0 saturated heterocycles. The number of aromatic nitrogens is 6. The molecule has 7 nitrogen and oxygen atoms in total. The number of allylic oxidation sites excluding steroid dienone is 1. The Morgan fingerprint density at radius 1 is 1.15 bits per heavy atom. The van der Waals surface area contributed by atoms with Crippen molar-refractivity contribution in [1.29, 1.82) is 0 Å². The smallest absolute Gasteiger partial charge is 0.238 e. The summed E-state index contributed by atoms with van der Waals surface area (Å²) in [7, 11) is 1.58. The van der Waals surface area contributed by atoms with Crippen LogP contribution in [0.25, 0.3) is 17.3 Å². The van der Waals surface area contributed by atoms with Gasteiger partial charge in [0, 0.05) is 18.7 Å². The molecular formula is C25H24F2N6O. The zero-order chi connectivity index (χ0) is 23.8. The number of halogens is 2. The van der Waals surface area contributed by atoms with Gasteiger partial charge in [-0.15, -0.1) is 0 Å². The zero-order valence-electron chi connectivity index (χ0n) is 19.2. The van der Waals surface area contributed by atoms with Gasteiger partial charge in [0.15, 0.2) is 17.5 Å². The van der Waals surface area contributed by atoms with Crippen LogP contribution in [0.3, 0.4) is 0 Å². The first-order chi connectivity index (χ1) is 16.4. The largest absolute Gasteiger partial charge is 0.479 e. The number of rotatable bonds is 5. The Labute approximate surface area is 195 Å². The van der Waals surface area contributed by atoms with E-state index in [1.165, 1.54) is 12.1 Å². The molecule has 34 heavy (non-hydrogen) atoms. The molecule has 5 rings (SSSR count). The van der Waals surface area contributed by atoms with Crippen molar-refractivity contribution in [1.82, 2.24) is 29.3 Å². The summed E-state index contributed by atoms with van der Waals surface area (Å²) in [4.78, 5) is 13.6. The third-order valence-corrected chi connectivity index (χ3v) is 5.98. The van der Waals surface area contributed by atoms with Crippen LogP contribution < -0.4 is 4.74 Å². The molecular weight excluding hydrogens is 438 g/mol. The minimum atomic E-state index is -0.849. The first-order valence-corrected chi connectivity index (χ1v) is 11.1. The van der Waals surface area contributed by atoms with Crippen molar-refractivity contribution in [2.75, 3.05) is 7.11 Å². The van der Waals surface area contributed by atoms with Gasteiger partial charge in [-0.3, -0.25) is 0 Å². The van der Waals surface area contributed by atoms with E-state index in [0.717, 1.165) is 42.2 Å². The number of hydrogen-bond donors (Lipinski definition) is 0. The van der Waals surface area contributed by atoms with Crippen molar-refractivity contribution in [3.05, 3.63) is 83.1 Å². The van der Waals surface area contributed by atoms with E-state index in [4.69, 9.17) is 9.72 Å². The molecule has 0 aliphatic carbocycles. The van der Waals surface area contributed by atoms with Gasteiger partial charge in [-0.1, -0.05) is 6.07 Å². The monoisotopic (exact) mass is 462 g/mol. The van der Waals surface area contributed by atoms with Crippen LogP contribution >= 0.6 is 0 Å². The van der Waals surface area contributed by atoms with Crippen LogP contribution in [-0.2, 0) is 6.54 Å². The van der Waals surface area contributed by atoms with Crippen LogP contribution in [-0.4, -0.2) is 36.4 Å². The maximum atomic E-state index is 13.8. The summed E-state index contributed by atoms with van der Waals surface area (Å²) < 4.78 is 36.5. The molecule has 0 fully saturated rings. The molecule has 1 aromatic carbocycles. The second-order valence-electron chi connectivity index (χ2n) is 8.40. The average Bonchev–Trinajstić information content (AvgIpc) is 3.47. The average molecular weight is 463 g/mol. The molecule has 0 N–H and O–H groups in total. The van der Waals surface area contributed by atoms with E-state index in [1.807, 2.05) is 47.5 Å². The predicted octanol–water partition coefficient (Wildman–Crippen LogP) is 4.94. The molecule has 0 unspecified atom stereocenters. The second kappa shape index (κ2) is 8.81. The van der Waals surface area contributed by atoms with Crippen LogP contribution in [0.1, 0.15) is 54.3 Å². The summed E-state index contributed by atoms with van der Waals surface area (Å²) in [6.07, 6.45) is 7.22. The third kappa shape index (κ3) is 4.09. The van der Waals surface area contributed by atoms with E-state index in [2.05, 4.69) is 15.1 Å². The molecule has 0 radical (unpaired) electrons. The molecule has 0 saturated carbocycles.